The van der Waals surface area contributed by atoms with Crippen molar-refractivity contribution in [1.82, 2.24) is 9.88 Å². The summed E-state index contributed by atoms with van der Waals surface area (Å²) < 4.78 is 4.87. The predicted molar refractivity (Wildman–Crippen MR) is 123 cm³/mol. The summed E-state index contributed by atoms with van der Waals surface area (Å²) in [5.41, 5.74) is 5.38. The Balaban J connectivity index is 1.41. The van der Waals surface area contributed by atoms with Crippen LogP contribution >= 0.6 is 0 Å². The molecule has 0 radical (unpaired) electrons. The van der Waals surface area contributed by atoms with Crippen LogP contribution in [0, 0.1) is 13.8 Å². The summed E-state index contributed by atoms with van der Waals surface area (Å²) in [6, 6.07) is 13.9. The van der Waals surface area contributed by atoms with Crippen LogP contribution in [0.1, 0.15) is 21.6 Å². The molecule has 2 heterocycles. The standard InChI is InChI=1S/C24H28N4O3/c1-16-7-6-10-20(17(16)2)28-13-11-27(12-14-28)15-21(29)26-22-18-8-4-5-9-19(18)25-23(22)24(30)31-3/h4-10,25H,11-15H2,1-3H3,(H,26,29). The number of carbonyl (C=O) groups excluding carboxylic acids is 2. The van der Waals surface area contributed by atoms with Gasteiger partial charge in [-0.05, 0) is 37.1 Å². The number of anilines is 2. The van der Waals surface area contributed by atoms with Gasteiger partial charge in [0.25, 0.3) is 0 Å². The summed E-state index contributed by atoms with van der Waals surface area (Å²) in [5.74, 6) is -0.649. The number of piperazine rings is 1. The minimum atomic E-state index is -0.506. The molecule has 0 spiro atoms. The molecule has 2 aromatic carbocycles. The molecule has 31 heavy (non-hydrogen) atoms. The third-order valence-electron chi connectivity index (χ3n) is 6.02. The molecule has 162 valence electrons. The van der Waals surface area contributed by atoms with E-state index in [1.165, 1.54) is 23.9 Å². The van der Waals surface area contributed by atoms with E-state index < -0.39 is 5.97 Å². The van der Waals surface area contributed by atoms with Crippen molar-refractivity contribution in [3.05, 3.63) is 59.3 Å². The molecule has 2 N–H and O–H groups in total. The van der Waals surface area contributed by atoms with Gasteiger partial charge in [-0.2, -0.15) is 0 Å². The van der Waals surface area contributed by atoms with E-state index in [1.807, 2.05) is 24.3 Å². The van der Waals surface area contributed by atoms with Crippen molar-refractivity contribution in [2.24, 2.45) is 0 Å². The summed E-state index contributed by atoms with van der Waals surface area (Å²) in [7, 11) is 1.33. The lowest BCUT2D eigenvalue weighted by Gasteiger charge is -2.36. The number of esters is 1. The summed E-state index contributed by atoms with van der Waals surface area (Å²) in [5, 5.41) is 3.72. The highest BCUT2D eigenvalue weighted by molar-refractivity contribution is 6.11. The van der Waals surface area contributed by atoms with Gasteiger partial charge in [0.1, 0.15) is 5.69 Å². The zero-order chi connectivity index (χ0) is 22.0. The van der Waals surface area contributed by atoms with Crippen LogP contribution in [-0.2, 0) is 9.53 Å². The Morgan fingerprint density at radius 1 is 1.03 bits per heavy atom. The van der Waals surface area contributed by atoms with Crippen LogP contribution in [0.4, 0.5) is 11.4 Å². The topological polar surface area (TPSA) is 77.7 Å². The molecule has 1 saturated heterocycles. The monoisotopic (exact) mass is 420 g/mol. The molecule has 7 heteroatoms. The molecule has 3 aromatic rings. The Hall–Kier alpha value is -3.32. The van der Waals surface area contributed by atoms with Crippen LogP contribution in [0.25, 0.3) is 10.9 Å². The lowest BCUT2D eigenvalue weighted by molar-refractivity contribution is -0.117. The van der Waals surface area contributed by atoms with Gasteiger partial charge >= 0.3 is 5.97 Å². The zero-order valence-electron chi connectivity index (χ0n) is 18.2. The van der Waals surface area contributed by atoms with Crippen molar-refractivity contribution in [3.63, 3.8) is 0 Å². The number of ether oxygens (including phenoxy) is 1. The lowest BCUT2D eigenvalue weighted by Crippen LogP contribution is -2.48. The van der Waals surface area contributed by atoms with E-state index in [9.17, 15) is 9.59 Å². The minimum absolute atomic E-state index is 0.143. The first kappa shape index (κ1) is 20.9. The molecule has 1 fully saturated rings. The van der Waals surface area contributed by atoms with Crippen molar-refractivity contribution >= 4 is 34.2 Å². The highest BCUT2D eigenvalue weighted by Gasteiger charge is 2.23. The van der Waals surface area contributed by atoms with Crippen molar-refractivity contribution in [2.45, 2.75) is 13.8 Å². The Morgan fingerprint density at radius 2 is 1.77 bits per heavy atom. The molecule has 1 amide bonds. The lowest BCUT2D eigenvalue weighted by atomic mass is 10.1. The molecule has 1 aliphatic rings. The fourth-order valence-corrected chi connectivity index (χ4v) is 4.13. The normalized spacial score (nSPS) is 14.6. The van der Waals surface area contributed by atoms with Crippen molar-refractivity contribution in [3.8, 4) is 0 Å². The third-order valence-corrected chi connectivity index (χ3v) is 6.02. The van der Waals surface area contributed by atoms with E-state index in [-0.39, 0.29) is 18.1 Å². The largest absolute Gasteiger partial charge is 0.464 e. The maximum Gasteiger partial charge on any atom is 0.356 e. The number of hydrogen-bond acceptors (Lipinski definition) is 5. The van der Waals surface area contributed by atoms with Crippen LogP contribution in [0.5, 0.6) is 0 Å². The van der Waals surface area contributed by atoms with E-state index in [0.29, 0.717) is 5.69 Å². The molecule has 0 unspecified atom stereocenters. The first-order chi connectivity index (χ1) is 15.0. The van der Waals surface area contributed by atoms with Crippen molar-refractivity contribution < 1.29 is 14.3 Å². The van der Waals surface area contributed by atoms with Gasteiger partial charge in [-0.1, -0.05) is 30.3 Å². The smallest absolute Gasteiger partial charge is 0.356 e. The molecular formula is C24H28N4O3. The number of aryl methyl sites for hydroxylation is 1. The summed E-state index contributed by atoms with van der Waals surface area (Å²) in [6.45, 7) is 7.92. The average molecular weight is 421 g/mol. The van der Waals surface area contributed by atoms with Gasteiger partial charge in [0.05, 0.1) is 19.3 Å². The van der Waals surface area contributed by atoms with Crippen LogP contribution in [0.15, 0.2) is 42.5 Å². The number of nitrogens with zero attached hydrogens (tertiary/aromatic N) is 2. The van der Waals surface area contributed by atoms with E-state index in [0.717, 1.165) is 37.1 Å². The van der Waals surface area contributed by atoms with E-state index in [2.05, 4.69) is 52.1 Å². The Kier molecular flexibility index (Phi) is 5.95. The highest BCUT2D eigenvalue weighted by atomic mass is 16.5. The van der Waals surface area contributed by atoms with Crippen LogP contribution < -0.4 is 10.2 Å². The average Bonchev–Trinajstić information content (AvgIpc) is 3.14. The number of fused-ring (bicyclic) bond motifs is 1. The van der Waals surface area contributed by atoms with Gasteiger partial charge in [0.2, 0.25) is 5.91 Å². The number of para-hydroxylation sites is 1. The molecule has 0 saturated carbocycles. The van der Waals surface area contributed by atoms with Crippen LogP contribution in [0.3, 0.4) is 0 Å². The molecular weight excluding hydrogens is 392 g/mol. The molecule has 0 aliphatic carbocycles. The number of rotatable bonds is 5. The first-order valence-corrected chi connectivity index (χ1v) is 10.5. The second-order valence-electron chi connectivity index (χ2n) is 7.94. The maximum atomic E-state index is 12.8. The minimum Gasteiger partial charge on any atom is -0.464 e. The molecule has 0 bridgehead atoms. The number of carbonyl (C=O) groups is 2. The van der Waals surface area contributed by atoms with E-state index in [4.69, 9.17) is 4.74 Å². The quantitative estimate of drug-likeness (QED) is 0.619. The van der Waals surface area contributed by atoms with Gasteiger partial charge in [0, 0.05) is 42.8 Å². The Morgan fingerprint density at radius 3 is 2.52 bits per heavy atom. The van der Waals surface area contributed by atoms with Gasteiger partial charge in [-0.15, -0.1) is 0 Å². The molecule has 0 atom stereocenters. The van der Waals surface area contributed by atoms with Gasteiger partial charge < -0.3 is 19.9 Å². The highest BCUT2D eigenvalue weighted by Crippen LogP contribution is 2.28. The third kappa shape index (κ3) is 4.27. The summed E-state index contributed by atoms with van der Waals surface area (Å²) in [6.07, 6.45) is 0. The van der Waals surface area contributed by atoms with Crippen molar-refractivity contribution in [2.75, 3.05) is 50.1 Å². The Bertz CT molecular complexity index is 1110. The second kappa shape index (κ2) is 8.81. The molecule has 7 nitrogen and oxygen atoms in total. The van der Waals surface area contributed by atoms with Gasteiger partial charge in [-0.3, -0.25) is 9.69 Å². The first-order valence-electron chi connectivity index (χ1n) is 10.5. The van der Waals surface area contributed by atoms with E-state index >= 15 is 0 Å². The molecule has 1 aliphatic heterocycles. The molecule has 4 rings (SSSR count). The van der Waals surface area contributed by atoms with Gasteiger partial charge in [0.15, 0.2) is 0 Å². The number of H-pyrrole nitrogens is 1. The van der Waals surface area contributed by atoms with Gasteiger partial charge in [-0.25, -0.2) is 4.79 Å². The SMILES string of the molecule is COC(=O)c1[nH]c2ccccc2c1NC(=O)CN1CCN(c2cccc(C)c2C)CC1. The predicted octanol–water partition coefficient (Wildman–Crippen LogP) is 3.33. The number of hydrogen-bond donors (Lipinski definition) is 2. The van der Waals surface area contributed by atoms with Crippen LogP contribution in [0.2, 0.25) is 0 Å². The Labute approximate surface area is 182 Å². The number of aromatic amines is 1. The van der Waals surface area contributed by atoms with E-state index in [1.54, 1.807) is 0 Å². The molecule has 1 aromatic heterocycles. The van der Waals surface area contributed by atoms with Crippen molar-refractivity contribution in [1.29, 1.82) is 0 Å². The second-order valence-corrected chi connectivity index (χ2v) is 7.94. The number of aromatic nitrogens is 1. The van der Waals surface area contributed by atoms with Crippen LogP contribution in [-0.4, -0.2) is 61.6 Å². The zero-order valence-corrected chi connectivity index (χ0v) is 18.2. The number of amides is 1. The number of benzene rings is 2. The number of nitrogens with one attached hydrogen (secondary N) is 2. The summed E-state index contributed by atoms with van der Waals surface area (Å²) >= 11 is 0. The maximum absolute atomic E-state index is 12.8. The fourth-order valence-electron chi connectivity index (χ4n) is 4.13. The summed E-state index contributed by atoms with van der Waals surface area (Å²) in [4.78, 5) is 32.6. The number of methoxy groups -OCH3 is 1. The fraction of sp³-hybridized carbons (Fsp3) is 0.333.